The van der Waals surface area contributed by atoms with Gasteiger partial charge in [-0.3, -0.25) is 4.68 Å². The molecule has 3 nitrogen and oxygen atoms in total. The van der Waals surface area contributed by atoms with E-state index in [1.54, 1.807) is 0 Å². The highest BCUT2D eigenvalue weighted by Crippen LogP contribution is 2.30. The fourth-order valence-corrected chi connectivity index (χ4v) is 1.76. The number of halogens is 3. The van der Waals surface area contributed by atoms with Crippen molar-refractivity contribution in [3.63, 3.8) is 0 Å². The summed E-state index contributed by atoms with van der Waals surface area (Å²) in [4.78, 5) is 0. The van der Waals surface area contributed by atoms with Gasteiger partial charge in [0.25, 0.3) is 0 Å². The van der Waals surface area contributed by atoms with E-state index in [-0.39, 0.29) is 6.04 Å². The lowest BCUT2D eigenvalue weighted by atomic mass is 10.2. The van der Waals surface area contributed by atoms with E-state index in [9.17, 15) is 13.2 Å². The third kappa shape index (κ3) is 1.61. The monoisotopic (exact) mass is 205 g/mol. The third-order valence-corrected chi connectivity index (χ3v) is 2.40. The van der Waals surface area contributed by atoms with Crippen molar-refractivity contribution in [2.24, 2.45) is 5.73 Å². The van der Waals surface area contributed by atoms with Gasteiger partial charge in [0, 0.05) is 17.3 Å². The number of nitrogens with zero attached hydrogens (tertiary/aromatic N) is 2. The summed E-state index contributed by atoms with van der Waals surface area (Å²) in [5, 5.41) is 3.69. The highest BCUT2D eigenvalue weighted by atomic mass is 19.4. The minimum absolute atomic E-state index is 0.146. The van der Waals surface area contributed by atoms with Crippen molar-refractivity contribution < 1.29 is 13.2 Å². The SMILES string of the molecule is N[C@H]1CCc2c1cnn2CC(F)(F)F. The molecule has 1 aromatic rings. The minimum atomic E-state index is -4.22. The van der Waals surface area contributed by atoms with Crippen molar-refractivity contribution >= 4 is 0 Å². The Morgan fingerprint density at radius 1 is 1.57 bits per heavy atom. The summed E-state index contributed by atoms with van der Waals surface area (Å²) in [6, 6.07) is -0.146. The lowest BCUT2D eigenvalue weighted by molar-refractivity contribution is -0.143. The molecular formula is C8H10F3N3. The molecule has 0 saturated carbocycles. The van der Waals surface area contributed by atoms with E-state index in [0.29, 0.717) is 18.5 Å². The zero-order valence-corrected chi connectivity index (χ0v) is 7.38. The van der Waals surface area contributed by atoms with Crippen molar-refractivity contribution in [3.05, 3.63) is 17.5 Å². The second-order valence-electron chi connectivity index (χ2n) is 3.46. The maximum Gasteiger partial charge on any atom is 0.408 e. The van der Waals surface area contributed by atoms with Crippen LogP contribution in [0.25, 0.3) is 0 Å². The standard InChI is InChI=1S/C8H10F3N3/c9-8(10,11)4-14-7-2-1-6(12)5(7)3-13-14/h3,6H,1-2,4,12H2/t6-/m0/s1. The minimum Gasteiger partial charge on any atom is -0.324 e. The van der Waals surface area contributed by atoms with Gasteiger partial charge in [-0.1, -0.05) is 0 Å². The van der Waals surface area contributed by atoms with Crippen LogP contribution >= 0.6 is 0 Å². The summed E-state index contributed by atoms with van der Waals surface area (Å²) < 4.78 is 37.3. The first-order valence-corrected chi connectivity index (χ1v) is 4.34. The van der Waals surface area contributed by atoms with Gasteiger partial charge in [0.05, 0.1) is 6.20 Å². The predicted octanol–water partition coefficient (Wildman–Crippen LogP) is 1.39. The van der Waals surface area contributed by atoms with Crippen LogP contribution in [0.3, 0.4) is 0 Å². The lowest BCUT2D eigenvalue weighted by Crippen LogP contribution is -2.20. The van der Waals surface area contributed by atoms with Crippen LogP contribution < -0.4 is 5.73 Å². The Labute approximate surface area is 78.7 Å². The summed E-state index contributed by atoms with van der Waals surface area (Å²) in [5.74, 6) is 0. The molecule has 14 heavy (non-hydrogen) atoms. The number of nitrogens with two attached hydrogens (primary N) is 1. The zero-order valence-electron chi connectivity index (χ0n) is 7.38. The summed E-state index contributed by atoms with van der Waals surface area (Å²) in [7, 11) is 0. The van der Waals surface area contributed by atoms with E-state index >= 15 is 0 Å². The number of fused-ring (bicyclic) bond motifs is 1. The maximum absolute atomic E-state index is 12.1. The molecule has 78 valence electrons. The quantitative estimate of drug-likeness (QED) is 0.752. The summed E-state index contributed by atoms with van der Waals surface area (Å²) in [6.45, 7) is -1.02. The molecule has 1 aromatic heterocycles. The smallest absolute Gasteiger partial charge is 0.324 e. The molecule has 6 heteroatoms. The third-order valence-electron chi connectivity index (χ3n) is 2.40. The van der Waals surface area contributed by atoms with Crippen LogP contribution in [0.5, 0.6) is 0 Å². The largest absolute Gasteiger partial charge is 0.408 e. The molecular weight excluding hydrogens is 195 g/mol. The van der Waals surface area contributed by atoms with Crippen LogP contribution in [-0.2, 0) is 13.0 Å². The molecule has 0 radical (unpaired) electrons. The van der Waals surface area contributed by atoms with Gasteiger partial charge in [-0.05, 0) is 12.8 Å². The van der Waals surface area contributed by atoms with Crippen LogP contribution in [0.2, 0.25) is 0 Å². The van der Waals surface area contributed by atoms with Crippen molar-refractivity contribution in [2.45, 2.75) is 31.6 Å². The predicted molar refractivity (Wildman–Crippen MR) is 43.5 cm³/mol. The molecule has 0 saturated heterocycles. The molecule has 1 aliphatic carbocycles. The molecule has 0 spiro atoms. The molecule has 1 heterocycles. The molecule has 0 aliphatic heterocycles. The Kier molecular flexibility index (Phi) is 2.02. The summed E-state index contributed by atoms with van der Waals surface area (Å²) in [5.41, 5.74) is 7.08. The van der Waals surface area contributed by atoms with Crippen LogP contribution in [0, 0.1) is 0 Å². The van der Waals surface area contributed by atoms with Crippen LogP contribution in [0.15, 0.2) is 6.20 Å². The lowest BCUT2D eigenvalue weighted by Gasteiger charge is -2.08. The van der Waals surface area contributed by atoms with Gasteiger partial charge in [0.15, 0.2) is 0 Å². The van der Waals surface area contributed by atoms with E-state index in [2.05, 4.69) is 5.10 Å². The summed E-state index contributed by atoms with van der Waals surface area (Å²) in [6.07, 6.45) is -1.47. The number of hydrogen-bond acceptors (Lipinski definition) is 2. The molecule has 0 bridgehead atoms. The second-order valence-corrected chi connectivity index (χ2v) is 3.46. The highest BCUT2D eigenvalue weighted by molar-refractivity contribution is 5.26. The molecule has 1 atom stereocenters. The fraction of sp³-hybridized carbons (Fsp3) is 0.625. The Morgan fingerprint density at radius 2 is 2.29 bits per heavy atom. The van der Waals surface area contributed by atoms with E-state index in [1.165, 1.54) is 6.20 Å². The van der Waals surface area contributed by atoms with Crippen molar-refractivity contribution in [1.29, 1.82) is 0 Å². The number of rotatable bonds is 1. The van der Waals surface area contributed by atoms with Crippen LogP contribution in [0.4, 0.5) is 13.2 Å². The van der Waals surface area contributed by atoms with Gasteiger partial charge in [0.2, 0.25) is 0 Å². The van der Waals surface area contributed by atoms with Gasteiger partial charge in [-0.25, -0.2) is 0 Å². The number of hydrogen-bond donors (Lipinski definition) is 1. The van der Waals surface area contributed by atoms with Crippen LogP contribution in [-0.4, -0.2) is 16.0 Å². The van der Waals surface area contributed by atoms with Gasteiger partial charge in [-0.2, -0.15) is 18.3 Å². The van der Waals surface area contributed by atoms with E-state index in [0.717, 1.165) is 10.2 Å². The topological polar surface area (TPSA) is 43.8 Å². The van der Waals surface area contributed by atoms with Crippen molar-refractivity contribution in [3.8, 4) is 0 Å². The van der Waals surface area contributed by atoms with Gasteiger partial charge >= 0.3 is 6.18 Å². The van der Waals surface area contributed by atoms with Crippen LogP contribution in [0.1, 0.15) is 23.7 Å². The first-order valence-electron chi connectivity index (χ1n) is 4.34. The average molecular weight is 205 g/mol. The first-order chi connectivity index (χ1) is 6.47. The Balaban J connectivity index is 2.25. The molecule has 0 aromatic carbocycles. The van der Waals surface area contributed by atoms with Gasteiger partial charge in [0.1, 0.15) is 6.54 Å². The molecule has 2 rings (SSSR count). The Hall–Kier alpha value is -1.04. The van der Waals surface area contributed by atoms with Crippen molar-refractivity contribution in [2.75, 3.05) is 0 Å². The molecule has 0 unspecified atom stereocenters. The van der Waals surface area contributed by atoms with E-state index in [1.807, 2.05) is 0 Å². The Morgan fingerprint density at radius 3 is 2.93 bits per heavy atom. The maximum atomic E-state index is 12.1. The molecule has 2 N–H and O–H groups in total. The van der Waals surface area contributed by atoms with Crippen molar-refractivity contribution in [1.82, 2.24) is 9.78 Å². The molecule has 0 fully saturated rings. The first kappa shape index (κ1) is 9.51. The van der Waals surface area contributed by atoms with Gasteiger partial charge < -0.3 is 5.73 Å². The summed E-state index contributed by atoms with van der Waals surface area (Å²) >= 11 is 0. The van der Waals surface area contributed by atoms with Gasteiger partial charge in [-0.15, -0.1) is 0 Å². The highest BCUT2D eigenvalue weighted by Gasteiger charge is 2.32. The molecule has 1 aliphatic rings. The molecule has 0 amide bonds. The average Bonchev–Trinajstić information content (AvgIpc) is 2.55. The fourth-order valence-electron chi connectivity index (χ4n) is 1.76. The normalized spacial score (nSPS) is 21.3. The van der Waals surface area contributed by atoms with E-state index in [4.69, 9.17) is 5.73 Å². The van der Waals surface area contributed by atoms with E-state index < -0.39 is 12.7 Å². The number of aromatic nitrogens is 2. The second kappa shape index (κ2) is 2.98. The number of alkyl halides is 3. The zero-order chi connectivity index (χ0) is 10.3. The Bertz CT molecular complexity index is 342.